The molecule has 1 aliphatic heterocycles. The van der Waals surface area contributed by atoms with Gasteiger partial charge in [-0.3, -0.25) is 0 Å². The van der Waals surface area contributed by atoms with Crippen LogP contribution in [0.4, 0.5) is 0 Å². The zero-order valence-electron chi connectivity index (χ0n) is 8.82. The third-order valence-corrected chi connectivity index (χ3v) is 2.67. The quantitative estimate of drug-likeness (QED) is 0.478. The second-order valence-electron chi connectivity index (χ2n) is 4.51. The second-order valence-corrected chi connectivity index (χ2v) is 4.51. The van der Waals surface area contributed by atoms with Gasteiger partial charge in [-0.15, -0.1) is 0 Å². The molecule has 3 heteroatoms. The molecule has 0 aromatic rings. The van der Waals surface area contributed by atoms with Gasteiger partial charge in [0.15, 0.2) is 0 Å². The summed E-state index contributed by atoms with van der Waals surface area (Å²) in [7, 11) is 2.10. The predicted molar refractivity (Wildman–Crippen MR) is 55.4 cm³/mol. The van der Waals surface area contributed by atoms with Crippen molar-refractivity contribution in [2.45, 2.75) is 45.2 Å². The maximum absolute atomic E-state index is 10.4. The van der Waals surface area contributed by atoms with Crippen molar-refractivity contribution in [1.29, 1.82) is 0 Å². The van der Waals surface area contributed by atoms with E-state index in [-0.39, 0.29) is 0 Å². The summed E-state index contributed by atoms with van der Waals surface area (Å²) in [6, 6.07) is 0.341. The molecule has 13 heavy (non-hydrogen) atoms. The molecule has 2 nitrogen and oxygen atoms in total. The lowest BCUT2D eigenvalue weighted by Gasteiger charge is -2.18. The summed E-state index contributed by atoms with van der Waals surface area (Å²) >= 11 is 0. The van der Waals surface area contributed by atoms with E-state index in [9.17, 15) is 4.79 Å². The fourth-order valence-electron chi connectivity index (χ4n) is 2.13. The van der Waals surface area contributed by atoms with Crippen molar-refractivity contribution in [1.82, 2.24) is 0 Å². The molecule has 0 bridgehead atoms. The second kappa shape index (κ2) is 4.80. The average Bonchev–Trinajstić information content (AvgIpc) is 2.31. The molecule has 1 saturated heterocycles. The minimum absolute atomic E-state index is 0.320. The van der Waals surface area contributed by atoms with Crippen molar-refractivity contribution in [3.05, 3.63) is 0 Å². The molecule has 3 unspecified atom stereocenters. The molecule has 0 amide bonds. The van der Waals surface area contributed by atoms with Crippen LogP contribution in [0.3, 0.4) is 0 Å². The number of ether oxygens (including phenoxy) is 1. The van der Waals surface area contributed by atoms with Gasteiger partial charge in [0, 0.05) is 12.4 Å². The topological polar surface area (TPSA) is 26.3 Å². The number of aldehydes is 1. The first-order valence-corrected chi connectivity index (χ1v) is 5.22. The number of carbonyl (C=O) groups excluding carboxylic acids is 1. The summed E-state index contributed by atoms with van der Waals surface area (Å²) < 4.78 is 5.78. The highest BCUT2D eigenvalue weighted by Gasteiger charge is 2.32. The Hall–Kier alpha value is -0.305. The van der Waals surface area contributed by atoms with Gasteiger partial charge in [-0.2, -0.15) is 0 Å². The molecule has 0 saturated carbocycles. The summed E-state index contributed by atoms with van der Waals surface area (Å²) in [6.07, 6.45) is 4.15. The van der Waals surface area contributed by atoms with E-state index in [4.69, 9.17) is 4.74 Å². The summed E-state index contributed by atoms with van der Waals surface area (Å²) in [4.78, 5) is 10.4. The van der Waals surface area contributed by atoms with Gasteiger partial charge in [0.25, 0.3) is 0 Å². The average molecular weight is 182 g/mol. The molecule has 1 fully saturated rings. The van der Waals surface area contributed by atoms with Crippen LogP contribution in [0.25, 0.3) is 0 Å². The van der Waals surface area contributed by atoms with Gasteiger partial charge in [0.2, 0.25) is 0 Å². The first kappa shape index (κ1) is 10.8. The fourth-order valence-corrected chi connectivity index (χ4v) is 2.13. The van der Waals surface area contributed by atoms with Crippen LogP contribution in [-0.4, -0.2) is 26.2 Å². The lowest BCUT2D eigenvalue weighted by atomic mass is 9.87. The Morgan fingerprint density at radius 2 is 2.31 bits per heavy atom. The Morgan fingerprint density at radius 1 is 1.62 bits per heavy atom. The number of hydrogen-bond acceptors (Lipinski definition) is 2. The highest BCUT2D eigenvalue weighted by atomic mass is 16.5. The molecule has 3 atom stereocenters. The van der Waals surface area contributed by atoms with Crippen LogP contribution in [0.15, 0.2) is 0 Å². The summed E-state index contributed by atoms with van der Waals surface area (Å²) in [5, 5.41) is 0. The molecule has 0 aromatic carbocycles. The molecule has 0 aliphatic carbocycles. The first-order valence-electron chi connectivity index (χ1n) is 5.22. The third-order valence-electron chi connectivity index (χ3n) is 2.67. The van der Waals surface area contributed by atoms with Gasteiger partial charge in [-0.1, -0.05) is 13.8 Å². The van der Waals surface area contributed by atoms with Crippen molar-refractivity contribution < 1.29 is 9.53 Å². The van der Waals surface area contributed by atoms with Crippen molar-refractivity contribution in [2.24, 2.45) is 11.8 Å². The van der Waals surface area contributed by atoms with E-state index in [1.165, 1.54) is 0 Å². The van der Waals surface area contributed by atoms with Crippen molar-refractivity contribution in [3.8, 4) is 0 Å². The van der Waals surface area contributed by atoms with E-state index < -0.39 is 0 Å². The standard InChI is InChI=1S/C10H19BO2/c1-7(2)5-9-8(3-4-12)6-10(11)13-9/h4,7-10H,3,5-6,11H2,1-2H3. The maximum atomic E-state index is 10.4. The Morgan fingerprint density at radius 3 is 2.85 bits per heavy atom. The lowest BCUT2D eigenvalue weighted by molar-refractivity contribution is -0.109. The van der Waals surface area contributed by atoms with Gasteiger partial charge >= 0.3 is 0 Å². The lowest BCUT2D eigenvalue weighted by Crippen LogP contribution is -2.19. The van der Waals surface area contributed by atoms with Crippen LogP contribution in [0.5, 0.6) is 0 Å². The predicted octanol–water partition coefficient (Wildman–Crippen LogP) is 0.986. The molecule has 0 N–H and O–H groups in total. The van der Waals surface area contributed by atoms with E-state index in [1.54, 1.807) is 0 Å². The SMILES string of the molecule is BC1CC(CC=O)C(CC(C)C)O1. The monoisotopic (exact) mass is 182 g/mol. The fraction of sp³-hybridized carbons (Fsp3) is 0.900. The third kappa shape index (κ3) is 3.15. The molecule has 74 valence electrons. The minimum Gasteiger partial charge on any atom is -0.384 e. The summed E-state index contributed by atoms with van der Waals surface area (Å²) in [6.45, 7) is 4.40. The zero-order chi connectivity index (χ0) is 9.84. The van der Waals surface area contributed by atoms with Gasteiger partial charge in [0.05, 0.1) is 6.10 Å². The Balaban J connectivity index is 2.45. The summed E-state index contributed by atoms with van der Waals surface area (Å²) in [5.41, 5.74) is 0. The zero-order valence-corrected chi connectivity index (χ0v) is 8.82. The number of rotatable bonds is 4. The summed E-state index contributed by atoms with van der Waals surface area (Å²) in [5.74, 6) is 1.12. The van der Waals surface area contributed by atoms with Gasteiger partial charge in [-0.05, 0) is 24.7 Å². The maximum Gasteiger partial charge on any atom is 0.139 e. The van der Waals surface area contributed by atoms with E-state index in [0.29, 0.717) is 30.4 Å². The van der Waals surface area contributed by atoms with Crippen LogP contribution in [0.2, 0.25) is 0 Å². The highest BCUT2D eigenvalue weighted by molar-refractivity contribution is 6.11. The Bertz CT molecular complexity index is 170. The first-order chi connectivity index (χ1) is 6.13. The highest BCUT2D eigenvalue weighted by Crippen LogP contribution is 2.31. The van der Waals surface area contributed by atoms with Crippen LogP contribution < -0.4 is 0 Å². The molecule has 1 aliphatic rings. The number of carbonyl (C=O) groups is 1. The van der Waals surface area contributed by atoms with Crippen LogP contribution in [0, 0.1) is 11.8 Å². The molecule has 1 heterocycles. The van der Waals surface area contributed by atoms with Crippen LogP contribution >= 0.6 is 0 Å². The van der Waals surface area contributed by atoms with Crippen molar-refractivity contribution in [3.63, 3.8) is 0 Å². The largest absolute Gasteiger partial charge is 0.384 e. The minimum atomic E-state index is 0.320. The van der Waals surface area contributed by atoms with E-state index in [0.717, 1.165) is 19.1 Å². The Labute approximate surface area is 81.4 Å². The van der Waals surface area contributed by atoms with Crippen molar-refractivity contribution >= 4 is 14.1 Å². The smallest absolute Gasteiger partial charge is 0.139 e. The van der Waals surface area contributed by atoms with Crippen molar-refractivity contribution in [2.75, 3.05) is 0 Å². The van der Waals surface area contributed by atoms with Crippen LogP contribution in [0.1, 0.15) is 33.1 Å². The molecular formula is C10H19BO2. The Kier molecular flexibility index (Phi) is 3.98. The van der Waals surface area contributed by atoms with Gasteiger partial charge in [0.1, 0.15) is 14.1 Å². The van der Waals surface area contributed by atoms with Crippen LogP contribution in [-0.2, 0) is 9.53 Å². The van der Waals surface area contributed by atoms with E-state index in [1.807, 2.05) is 0 Å². The molecule has 1 rings (SSSR count). The van der Waals surface area contributed by atoms with E-state index >= 15 is 0 Å². The molecule has 0 radical (unpaired) electrons. The normalized spacial score (nSPS) is 33.9. The van der Waals surface area contributed by atoms with E-state index in [2.05, 4.69) is 21.7 Å². The van der Waals surface area contributed by atoms with Gasteiger partial charge < -0.3 is 9.53 Å². The van der Waals surface area contributed by atoms with Gasteiger partial charge in [-0.25, -0.2) is 0 Å². The number of hydrogen-bond donors (Lipinski definition) is 0. The molecular weight excluding hydrogens is 163 g/mol. The molecule has 0 aromatic heterocycles. The molecule has 0 spiro atoms.